The Morgan fingerprint density at radius 1 is 1.12 bits per heavy atom. The average Bonchev–Trinajstić information content (AvgIpc) is 2.65. The summed E-state index contributed by atoms with van der Waals surface area (Å²) < 4.78 is 1.00. The Morgan fingerprint density at radius 3 is 2.52 bits per heavy atom. The number of benzene rings is 2. The van der Waals surface area contributed by atoms with Crippen LogP contribution in [0.2, 0.25) is 0 Å². The molecule has 0 aliphatic rings. The van der Waals surface area contributed by atoms with Crippen LogP contribution in [0.3, 0.4) is 0 Å². The van der Waals surface area contributed by atoms with Gasteiger partial charge in [-0.3, -0.25) is 9.78 Å². The molecular weight excluding hydrogens is 378 g/mol. The summed E-state index contributed by atoms with van der Waals surface area (Å²) in [6.07, 6.45) is 2.45. The quantitative estimate of drug-likeness (QED) is 0.607. The number of aromatic nitrogens is 2. The zero-order chi connectivity index (χ0) is 17.8. The first-order valence-corrected chi connectivity index (χ1v) is 9.18. The molecular formula is C20H20BrN3O. The van der Waals surface area contributed by atoms with E-state index in [1.54, 1.807) is 6.20 Å². The van der Waals surface area contributed by atoms with Crippen molar-refractivity contribution >= 4 is 32.9 Å². The highest BCUT2D eigenvalue weighted by Gasteiger charge is 2.24. The largest absolute Gasteiger partial charge is 0.330 e. The number of fused-ring (bicyclic) bond motifs is 1. The monoisotopic (exact) mass is 397 g/mol. The zero-order valence-electron chi connectivity index (χ0n) is 14.3. The fourth-order valence-electron chi connectivity index (χ4n) is 2.90. The van der Waals surface area contributed by atoms with Gasteiger partial charge in [-0.05, 0) is 37.1 Å². The van der Waals surface area contributed by atoms with Crippen LogP contribution in [0.25, 0.3) is 11.0 Å². The standard InChI is InChI=1S/C20H20BrN3O/c1-3-12-24(14(2)15-8-4-5-9-16(15)21)20(25)19-13-22-17-10-6-7-11-18(17)23-19/h4-11,13-14H,3,12H2,1-2H3/t14-/m1/s1. The summed E-state index contributed by atoms with van der Waals surface area (Å²) in [5, 5.41) is 0. The molecule has 2 aromatic carbocycles. The van der Waals surface area contributed by atoms with Gasteiger partial charge in [0.05, 0.1) is 23.3 Å². The maximum Gasteiger partial charge on any atom is 0.274 e. The van der Waals surface area contributed by atoms with Crippen molar-refractivity contribution in [1.29, 1.82) is 0 Å². The van der Waals surface area contributed by atoms with Crippen molar-refractivity contribution in [1.82, 2.24) is 14.9 Å². The maximum atomic E-state index is 13.1. The van der Waals surface area contributed by atoms with Gasteiger partial charge in [-0.25, -0.2) is 4.98 Å². The molecule has 0 saturated heterocycles. The molecule has 1 atom stereocenters. The summed E-state index contributed by atoms with van der Waals surface area (Å²) in [5.74, 6) is -0.0941. The van der Waals surface area contributed by atoms with E-state index in [2.05, 4.69) is 32.8 Å². The van der Waals surface area contributed by atoms with Gasteiger partial charge in [0.1, 0.15) is 5.69 Å². The Bertz CT molecular complexity index is 897. The number of halogens is 1. The maximum absolute atomic E-state index is 13.1. The highest BCUT2D eigenvalue weighted by Crippen LogP contribution is 2.28. The van der Waals surface area contributed by atoms with Crippen LogP contribution in [-0.4, -0.2) is 27.3 Å². The van der Waals surface area contributed by atoms with E-state index in [1.807, 2.05) is 60.4 Å². The van der Waals surface area contributed by atoms with Crippen LogP contribution in [0.5, 0.6) is 0 Å². The molecule has 0 spiro atoms. The van der Waals surface area contributed by atoms with E-state index in [0.717, 1.165) is 27.5 Å². The van der Waals surface area contributed by atoms with Gasteiger partial charge in [0, 0.05) is 11.0 Å². The van der Waals surface area contributed by atoms with Gasteiger partial charge in [-0.1, -0.05) is 53.2 Å². The van der Waals surface area contributed by atoms with Crippen molar-refractivity contribution in [3.8, 4) is 0 Å². The fourth-order valence-corrected chi connectivity index (χ4v) is 3.52. The molecule has 3 aromatic rings. The number of carbonyl (C=O) groups excluding carboxylic acids is 1. The van der Waals surface area contributed by atoms with Crippen molar-refractivity contribution in [2.75, 3.05) is 6.54 Å². The third kappa shape index (κ3) is 3.71. The van der Waals surface area contributed by atoms with Crippen LogP contribution in [0.4, 0.5) is 0 Å². The van der Waals surface area contributed by atoms with Crippen molar-refractivity contribution in [3.63, 3.8) is 0 Å². The second kappa shape index (κ2) is 7.74. The zero-order valence-corrected chi connectivity index (χ0v) is 15.9. The van der Waals surface area contributed by atoms with Crippen LogP contribution >= 0.6 is 15.9 Å². The number of amides is 1. The number of hydrogen-bond acceptors (Lipinski definition) is 3. The normalized spacial score (nSPS) is 12.1. The number of para-hydroxylation sites is 2. The summed E-state index contributed by atoms with van der Waals surface area (Å²) in [7, 11) is 0. The second-order valence-corrected chi connectivity index (χ2v) is 6.79. The van der Waals surface area contributed by atoms with E-state index in [9.17, 15) is 4.79 Å². The molecule has 0 saturated carbocycles. The molecule has 0 unspecified atom stereocenters. The smallest absolute Gasteiger partial charge is 0.274 e. The van der Waals surface area contributed by atoms with Crippen LogP contribution in [-0.2, 0) is 0 Å². The van der Waals surface area contributed by atoms with E-state index in [4.69, 9.17) is 0 Å². The molecule has 0 fully saturated rings. The van der Waals surface area contributed by atoms with Crippen molar-refractivity contribution in [2.24, 2.45) is 0 Å². The number of hydrogen-bond donors (Lipinski definition) is 0. The molecule has 25 heavy (non-hydrogen) atoms. The lowest BCUT2D eigenvalue weighted by Gasteiger charge is -2.29. The molecule has 1 aromatic heterocycles. The minimum absolute atomic E-state index is 0.0590. The fraction of sp³-hybridized carbons (Fsp3) is 0.250. The van der Waals surface area contributed by atoms with Gasteiger partial charge in [0.25, 0.3) is 5.91 Å². The van der Waals surface area contributed by atoms with Crippen LogP contribution in [0.1, 0.15) is 42.4 Å². The molecule has 1 heterocycles. The van der Waals surface area contributed by atoms with Gasteiger partial charge in [-0.15, -0.1) is 0 Å². The molecule has 4 nitrogen and oxygen atoms in total. The Labute approximate surface area is 156 Å². The molecule has 0 radical (unpaired) electrons. The number of rotatable bonds is 5. The lowest BCUT2D eigenvalue weighted by atomic mass is 10.1. The molecule has 5 heteroatoms. The second-order valence-electron chi connectivity index (χ2n) is 5.94. The van der Waals surface area contributed by atoms with Crippen molar-refractivity contribution in [2.45, 2.75) is 26.3 Å². The van der Waals surface area contributed by atoms with Crippen LogP contribution < -0.4 is 0 Å². The Balaban J connectivity index is 1.95. The number of nitrogens with zero attached hydrogens (tertiary/aromatic N) is 3. The van der Waals surface area contributed by atoms with E-state index < -0.39 is 0 Å². The predicted molar refractivity (Wildman–Crippen MR) is 103 cm³/mol. The summed E-state index contributed by atoms with van der Waals surface area (Å²) in [5.41, 5.74) is 2.99. The third-order valence-corrected chi connectivity index (χ3v) is 4.94. The minimum atomic E-state index is -0.0941. The number of carbonyl (C=O) groups is 1. The van der Waals surface area contributed by atoms with Gasteiger partial charge >= 0.3 is 0 Å². The first-order chi connectivity index (χ1) is 12.1. The molecule has 0 aliphatic carbocycles. The summed E-state index contributed by atoms with van der Waals surface area (Å²) >= 11 is 3.59. The highest BCUT2D eigenvalue weighted by atomic mass is 79.9. The molecule has 1 amide bonds. The average molecular weight is 398 g/mol. The Kier molecular flexibility index (Phi) is 5.43. The van der Waals surface area contributed by atoms with Gasteiger partial charge < -0.3 is 4.90 Å². The summed E-state index contributed by atoms with van der Waals surface area (Å²) in [6, 6.07) is 15.5. The minimum Gasteiger partial charge on any atom is -0.330 e. The highest BCUT2D eigenvalue weighted by molar-refractivity contribution is 9.10. The van der Waals surface area contributed by atoms with Crippen LogP contribution in [0.15, 0.2) is 59.2 Å². The van der Waals surface area contributed by atoms with Crippen LogP contribution in [0, 0.1) is 0 Å². The molecule has 128 valence electrons. The topological polar surface area (TPSA) is 46.1 Å². The van der Waals surface area contributed by atoms with Gasteiger partial charge in [-0.2, -0.15) is 0 Å². The van der Waals surface area contributed by atoms with E-state index >= 15 is 0 Å². The van der Waals surface area contributed by atoms with Gasteiger partial charge in [0.15, 0.2) is 0 Å². The molecule has 3 rings (SSSR count). The SMILES string of the molecule is CCCN(C(=O)c1cnc2ccccc2n1)[C@H](C)c1ccccc1Br. The summed E-state index contributed by atoms with van der Waals surface area (Å²) in [6.45, 7) is 4.77. The van der Waals surface area contributed by atoms with E-state index in [-0.39, 0.29) is 11.9 Å². The summed E-state index contributed by atoms with van der Waals surface area (Å²) in [4.78, 5) is 23.9. The third-order valence-electron chi connectivity index (χ3n) is 4.22. The predicted octanol–water partition coefficient (Wildman–Crippen LogP) is 5.01. The molecule has 0 bridgehead atoms. The van der Waals surface area contributed by atoms with Crippen molar-refractivity contribution in [3.05, 3.63) is 70.5 Å². The first kappa shape index (κ1) is 17.5. The lowest BCUT2D eigenvalue weighted by molar-refractivity contribution is 0.0684. The first-order valence-electron chi connectivity index (χ1n) is 8.39. The Hall–Kier alpha value is -2.27. The molecule has 0 aliphatic heterocycles. The Morgan fingerprint density at radius 2 is 1.80 bits per heavy atom. The van der Waals surface area contributed by atoms with E-state index in [0.29, 0.717) is 12.2 Å². The van der Waals surface area contributed by atoms with E-state index in [1.165, 1.54) is 0 Å². The lowest BCUT2D eigenvalue weighted by Crippen LogP contribution is -2.35. The van der Waals surface area contributed by atoms with Crippen molar-refractivity contribution < 1.29 is 4.79 Å². The molecule has 0 N–H and O–H groups in total. The van der Waals surface area contributed by atoms with Gasteiger partial charge in [0.2, 0.25) is 0 Å².